The Morgan fingerprint density at radius 2 is 2.04 bits per heavy atom. The fourth-order valence-corrected chi connectivity index (χ4v) is 3.75. The predicted octanol–water partition coefficient (Wildman–Crippen LogP) is 3.66. The number of hydrogen-bond acceptors (Lipinski definition) is 5. The number of carbonyl (C=O) groups excluding carboxylic acids is 2. The molecule has 0 unspecified atom stereocenters. The molecule has 1 N–H and O–H groups in total. The summed E-state index contributed by atoms with van der Waals surface area (Å²) in [5.41, 5.74) is 2.65. The molecule has 5 nitrogen and oxygen atoms in total. The Kier molecular flexibility index (Phi) is 5.28. The van der Waals surface area contributed by atoms with Crippen molar-refractivity contribution in [2.45, 2.75) is 11.8 Å². The smallest absolute Gasteiger partial charge is 0.338 e. The van der Waals surface area contributed by atoms with Crippen LogP contribution in [-0.2, 0) is 4.74 Å². The first-order valence-electron chi connectivity index (χ1n) is 8.15. The Labute approximate surface area is 151 Å². The highest BCUT2D eigenvalue weighted by molar-refractivity contribution is 7.99. The van der Waals surface area contributed by atoms with Crippen LogP contribution in [-0.4, -0.2) is 37.8 Å². The SMILES string of the molecule is CCOC(=O)c1cccc(NC(=O)c2ccc3c(c2)N(C)CCS3)c1. The number of ether oxygens (including phenoxy) is 1. The second-order valence-electron chi connectivity index (χ2n) is 5.71. The molecule has 0 atom stereocenters. The number of nitrogens with one attached hydrogen (secondary N) is 1. The summed E-state index contributed by atoms with van der Waals surface area (Å²) in [6, 6.07) is 12.5. The van der Waals surface area contributed by atoms with Crippen LogP contribution in [0.3, 0.4) is 0 Å². The van der Waals surface area contributed by atoms with E-state index in [0.29, 0.717) is 23.4 Å². The number of amides is 1. The van der Waals surface area contributed by atoms with Crippen LogP contribution < -0.4 is 10.2 Å². The molecule has 0 saturated heterocycles. The predicted molar refractivity (Wildman–Crippen MR) is 101 cm³/mol. The van der Waals surface area contributed by atoms with Crippen LogP contribution >= 0.6 is 11.8 Å². The third kappa shape index (κ3) is 3.96. The summed E-state index contributed by atoms with van der Waals surface area (Å²) in [5.74, 6) is 0.453. The van der Waals surface area contributed by atoms with E-state index in [1.807, 2.05) is 25.2 Å². The summed E-state index contributed by atoms with van der Waals surface area (Å²) in [5, 5.41) is 2.85. The zero-order valence-electron chi connectivity index (χ0n) is 14.2. The van der Waals surface area contributed by atoms with E-state index < -0.39 is 5.97 Å². The molecule has 3 rings (SSSR count). The third-order valence-corrected chi connectivity index (χ3v) is 4.99. The minimum absolute atomic E-state index is 0.201. The summed E-state index contributed by atoms with van der Waals surface area (Å²) in [6.45, 7) is 3.04. The van der Waals surface area contributed by atoms with Gasteiger partial charge in [-0.25, -0.2) is 4.79 Å². The highest BCUT2D eigenvalue weighted by atomic mass is 32.2. The lowest BCUT2D eigenvalue weighted by Crippen LogP contribution is -2.24. The van der Waals surface area contributed by atoms with Crippen LogP contribution in [0.4, 0.5) is 11.4 Å². The molecule has 0 saturated carbocycles. The van der Waals surface area contributed by atoms with Crippen LogP contribution in [0, 0.1) is 0 Å². The number of benzene rings is 2. The molecule has 0 aromatic heterocycles. The van der Waals surface area contributed by atoms with E-state index >= 15 is 0 Å². The van der Waals surface area contributed by atoms with Gasteiger partial charge in [0.05, 0.1) is 17.9 Å². The number of rotatable bonds is 4. The van der Waals surface area contributed by atoms with Crippen LogP contribution in [0.25, 0.3) is 0 Å². The first-order valence-corrected chi connectivity index (χ1v) is 9.13. The van der Waals surface area contributed by atoms with E-state index in [2.05, 4.69) is 10.2 Å². The van der Waals surface area contributed by atoms with Crippen molar-refractivity contribution in [2.75, 3.05) is 36.2 Å². The number of nitrogens with zero attached hydrogens (tertiary/aromatic N) is 1. The van der Waals surface area contributed by atoms with E-state index in [9.17, 15) is 9.59 Å². The Hall–Kier alpha value is -2.47. The molecule has 1 aliphatic heterocycles. The van der Waals surface area contributed by atoms with Gasteiger partial charge >= 0.3 is 5.97 Å². The van der Waals surface area contributed by atoms with Crippen molar-refractivity contribution in [1.82, 2.24) is 0 Å². The number of esters is 1. The average Bonchev–Trinajstić information content (AvgIpc) is 2.62. The molecule has 6 heteroatoms. The summed E-state index contributed by atoms with van der Waals surface area (Å²) in [4.78, 5) is 27.7. The molecule has 1 aliphatic rings. The van der Waals surface area contributed by atoms with Crippen molar-refractivity contribution in [1.29, 1.82) is 0 Å². The maximum Gasteiger partial charge on any atom is 0.338 e. The normalized spacial score (nSPS) is 13.1. The highest BCUT2D eigenvalue weighted by Gasteiger charge is 2.17. The molecule has 2 aromatic carbocycles. The maximum absolute atomic E-state index is 12.6. The fraction of sp³-hybridized carbons (Fsp3) is 0.263. The lowest BCUT2D eigenvalue weighted by atomic mass is 10.1. The first-order chi connectivity index (χ1) is 12.1. The van der Waals surface area contributed by atoms with E-state index in [4.69, 9.17) is 4.74 Å². The van der Waals surface area contributed by atoms with Gasteiger partial charge in [0.15, 0.2) is 0 Å². The van der Waals surface area contributed by atoms with Gasteiger partial charge in [0.1, 0.15) is 0 Å². The Bertz CT molecular complexity index is 807. The number of hydrogen-bond donors (Lipinski definition) is 1. The number of anilines is 2. The van der Waals surface area contributed by atoms with Crippen molar-refractivity contribution in [3.8, 4) is 0 Å². The Morgan fingerprint density at radius 1 is 1.20 bits per heavy atom. The number of fused-ring (bicyclic) bond motifs is 1. The molecule has 130 valence electrons. The molecular weight excluding hydrogens is 336 g/mol. The second kappa shape index (κ2) is 7.61. The summed E-state index contributed by atoms with van der Waals surface area (Å²) in [6.07, 6.45) is 0. The van der Waals surface area contributed by atoms with Gasteiger partial charge in [0.2, 0.25) is 0 Å². The van der Waals surface area contributed by atoms with Crippen molar-refractivity contribution >= 4 is 35.0 Å². The average molecular weight is 356 g/mol. The van der Waals surface area contributed by atoms with Crippen molar-refractivity contribution in [2.24, 2.45) is 0 Å². The summed E-state index contributed by atoms with van der Waals surface area (Å²) in [7, 11) is 2.03. The standard InChI is InChI=1S/C19H20N2O3S/c1-3-24-19(23)14-5-4-6-15(11-14)20-18(22)13-7-8-17-16(12-13)21(2)9-10-25-17/h4-8,11-12H,3,9-10H2,1-2H3,(H,20,22). The molecule has 25 heavy (non-hydrogen) atoms. The monoisotopic (exact) mass is 356 g/mol. The molecule has 0 aliphatic carbocycles. The fourth-order valence-electron chi connectivity index (χ4n) is 2.63. The zero-order valence-corrected chi connectivity index (χ0v) is 15.1. The highest BCUT2D eigenvalue weighted by Crippen LogP contribution is 2.34. The van der Waals surface area contributed by atoms with Crippen LogP contribution in [0.2, 0.25) is 0 Å². The van der Waals surface area contributed by atoms with Crippen LogP contribution in [0.15, 0.2) is 47.4 Å². The van der Waals surface area contributed by atoms with Gasteiger partial charge in [0, 0.05) is 35.5 Å². The lowest BCUT2D eigenvalue weighted by molar-refractivity contribution is 0.0526. The third-order valence-electron chi connectivity index (χ3n) is 3.95. The van der Waals surface area contributed by atoms with E-state index in [0.717, 1.165) is 18.0 Å². The van der Waals surface area contributed by atoms with Crippen LogP contribution in [0.5, 0.6) is 0 Å². The van der Waals surface area contributed by atoms with Gasteiger partial charge in [-0.3, -0.25) is 4.79 Å². The maximum atomic E-state index is 12.6. The summed E-state index contributed by atoms with van der Waals surface area (Å²) >= 11 is 1.80. The van der Waals surface area contributed by atoms with Gasteiger partial charge in [-0.15, -0.1) is 11.8 Å². The van der Waals surface area contributed by atoms with Crippen molar-refractivity contribution < 1.29 is 14.3 Å². The zero-order chi connectivity index (χ0) is 17.8. The van der Waals surface area contributed by atoms with E-state index in [-0.39, 0.29) is 5.91 Å². The Balaban J connectivity index is 1.78. The quantitative estimate of drug-likeness (QED) is 0.847. The van der Waals surface area contributed by atoms with Crippen LogP contribution in [0.1, 0.15) is 27.6 Å². The summed E-state index contributed by atoms with van der Waals surface area (Å²) < 4.78 is 4.99. The van der Waals surface area contributed by atoms with Gasteiger partial charge in [0.25, 0.3) is 5.91 Å². The molecule has 1 heterocycles. The molecule has 0 spiro atoms. The van der Waals surface area contributed by atoms with Gasteiger partial charge in [-0.05, 0) is 43.3 Å². The minimum Gasteiger partial charge on any atom is -0.462 e. The van der Waals surface area contributed by atoms with Crippen molar-refractivity contribution in [3.05, 3.63) is 53.6 Å². The topological polar surface area (TPSA) is 58.6 Å². The second-order valence-corrected chi connectivity index (χ2v) is 6.84. The molecule has 0 fully saturated rings. The largest absolute Gasteiger partial charge is 0.462 e. The van der Waals surface area contributed by atoms with Crippen molar-refractivity contribution in [3.63, 3.8) is 0 Å². The Morgan fingerprint density at radius 3 is 2.84 bits per heavy atom. The molecule has 2 aromatic rings. The number of carbonyl (C=O) groups is 2. The van der Waals surface area contributed by atoms with Gasteiger partial charge < -0.3 is 15.0 Å². The van der Waals surface area contributed by atoms with E-state index in [1.165, 1.54) is 4.90 Å². The van der Waals surface area contributed by atoms with Gasteiger partial charge in [-0.1, -0.05) is 6.07 Å². The molecular formula is C19H20N2O3S. The number of thioether (sulfide) groups is 1. The lowest BCUT2D eigenvalue weighted by Gasteiger charge is -2.27. The first kappa shape index (κ1) is 17.4. The molecule has 1 amide bonds. The van der Waals surface area contributed by atoms with E-state index in [1.54, 1.807) is 43.0 Å². The minimum atomic E-state index is -0.397. The molecule has 0 radical (unpaired) electrons. The van der Waals surface area contributed by atoms with Gasteiger partial charge in [-0.2, -0.15) is 0 Å². The molecule has 0 bridgehead atoms.